The van der Waals surface area contributed by atoms with Gasteiger partial charge in [-0.1, -0.05) is 72.4 Å². The molecule has 2 rings (SSSR count). The lowest BCUT2D eigenvalue weighted by Crippen LogP contribution is -2.48. The second-order valence-corrected chi connectivity index (χ2v) is 9.39. The number of rotatable bonds is 11. The fourth-order valence-electron chi connectivity index (χ4n) is 3.09. The van der Waals surface area contributed by atoms with Gasteiger partial charge < -0.3 is 10.2 Å². The molecule has 2 aromatic carbocycles. The summed E-state index contributed by atoms with van der Waals surface area (Å²) in [6, 6.07) is 12.8. The molecule has 1 N–H and O–H groups in total. The van der Waals surface area contributed by atoms with Gasteiger partial charge in [0.2, 0.25) is 11.8 Å². The number of nitrogens with zero attached hydrogens (tertiary/aromatic N) is 1. The van der Waals surface area contributed by atoms with Gasteiger partial charge in [-0.2, -0.15) is 0 Å². The average molecular weight is 481 g/mol. The summed E-state index contributed by atoms with van der Waals surface area (Å²) in [6.07, 6.45) is 1.90. The number of halogens is 2. The van der Waals surface area contributed by atoms with Crippen molar-refractivity contribution < 1.29 is 9.59 Å². The van der Waals surface area contributed by atoms with Gasteiger partial charge in [0.25, 0.3) is 0 Å². The molecular weight excluding hydrogens is 451 g/mol. The van der Waals surface area contributed by atoms with Gasteiger partial charge in [0, 0.05) is 28.9 Å². The van der Waals surface area contributed by atoms with Gasteiger partial charge in [-0.05, 0) is 43.5 Å². The topological polar surface area (TPSA) is 49.4 Å². The van der Waals surface area contributed by atoms with Crippen LogP contribution in [-0.2, 0) is 21.9 Å². The molecule has 0 bridgehead atoms. The first-order valence-electron chi connectivity index (χ1n) is 10.5. The van der Waals surface area contributed by atoms with Gasteiger partial charge >= 0.3 is 0 Å². The van der Waals surface area contributed by atoms with Crippen molar-refractivity contribution in [2.24, 2.45) is 0 Å². The van der Waals surface area contributed by atoms with E-state index in [1.807, 2.05) is 6.07 Å². The molecule has 0 heterocycles. The number of benzene rings is 2. The summed E-state index contributed by atoms with van der Waals surface area (Å²) >= 11 is 13.9. The van der Waals surface area contributed by atoms with E-state index in [0.29, 0.717) is 16.6 Å². The van der Waals surface area contributed by atoms with E-state index in [0.717, 1.165) is 24.2 Å². The summed E-state index contributed by atoms with van der Waals surface area (Å²) in [6.45, 7) is 6.73. The van der Waals surface area contributed by atoms with Crippen LogP contribution in [0.25, 0.3) is 0 Å². The quantitative estimate of drug-likeness (QED) is 0.409. The molecule has 31 heavy (non-hydrogen) atoms. The minimum absolute atomic E-state index is 0.0955. The van der Waals surface area contributed by atoms with Crippen LogP contribution in [0.2, 0.25) is 10.0 Å². The van der Waals surface area contributed by atoms with Crippen LogP contribution < -0.4 is 5.32 Å². The first-order valence-corrected chi connectivity index (χ1v) is 12.4. The molecule has 7 heteroatoms. The van der Waals surface area contributed by atoms with Gasteiger partial charge in [-0.25, -0.2) is 0 Å². The standard InChI is InChI=1S/C24H30Cl2N2O2S/c1-4-5-11-27-24(30)18(3)28(14-20-9-10-21(25)13-22(20)26)23(29)16-31-15-19-8-6-7-17(2)12-19/h6-10,12-13,18H,4-5,11,14-16H2,1-3H3,(H,27,30). The van der Waals surface area contributed by atoms with Crippen LogP contribution in [0, 0.1) is 6.92 Å². The highest BCUT2D eigenvalue weighted by atomic mass is 35.5. The first-order chi connectivity index (χ1) is 14.8. The minimum Gasteiger partial charge on any atom is -0.354 e. The van der Waals surface area contributed by atoms with Crippen molar-refractivity contribution in [3.05, 3.63) is 69.2 Å². The third-order valence-electron chi connectivity index (χ3n) is 4.93. The molecule has 0 spiro atoms. The number of unbranched alkanes of at least 4 members (excludes halogenated alkanes) is 1. The maximum atomic E-state index is 13.1. The number of hydrogen-bond donors (Lipinski definition) is 1. The first kappa shape index (κ1) is 25.6. The van der Waals surface area contributed by atoms with E-state index in [4.69, 9.17) is 23.2 Å². The number of amides is 2. The number of nitrogens with one attached hydrogen (secondary N) is 1. The maximum Gasteiger partial charge on any atom is 0.242 e. The highest BCUT2D eigenvalue weighted by Gasteiger charge is 2.26. The minimum atomic E-state index is -0.601. The molecule has 0 fully saturated rings. The van der Waals surface area contributed by atoms with E-state index in [-0.39, 0.29) is 24.1 Å². The lowest BCUT2D eigenvalue weighted by molar-refractivity contribution is -0.138. The Balaban J connectivity index is 2.09. The van der Waals surface area contributed by atoms with Crippen LogP contribution in [0.4, 0.5) is 0 Å². The molecule has 0 saturated carbocycles. The molecule has 0 aliphatic rings. The molecule has 4 nitrogen and oxygen atoms in total. The number of aryl methyl sites for hydroxylation is 1. The third-order valence-corrected chi connectivity index (χ3v) is 6.50. The van der Waals surface area contributed by atoms with Crippen molar-refractivity contribution in [2.75, 3.05) is 12.3 Å². The fraction of sp³-hybridized carbons (Fsp3) is 0.417. The van der Waals surface area contributed by atoms with Crippen LogP contribution in [0.3, 0.4) is 0 Å². The molecule has 1 atom stereocenters. The Morgan fingerprint density at radius 3 is 2.61 bits per heavy atom. The summed E-state index contributed by atoms with van der Waals surface area (Å²) < 4.78 is 0. The van der Waals surface area contributed by atoms with E-state index < -0.39 is 6.04 Å². The van der Waals surface area contributed by atoms with Gasteiger partial charge in [0.05, 0.1) is 5.75 Å². The Morgan fingerprint density at radius 2 is 1.94 bits per heavy atom. The molecule has 0 aliphatic heterocycles. The molecule has 2 aromatic rings. The zero-order chi connectivity index (χ0) is 22.8. The number of hydrogen-bond acceptors (Lipinski definition) is 3. The summed E-state index contributed by atoms with van der Waals surface area (Å²) in [4.78, 5) is 27.4. The Hall–Kier alpha value is -1.69. The smallest absolute Gasteiger partial charge is 0.242 e. The van der Waals surface area contributed by atoms with Crippen molar-refractivity contribution in [1.82, 2.24) is 10.2 Å². The molecule has 0 saturated heterocycles. The van der Waals surface area contributed by atoms with E-state index in [1.54, 1.807) is 41.8 Å². The summed E-state index contributed by atoms with van der Waals surface area (Å²) in [7, 11) is 0. The second-order valence-electron chi connectivity index (χ2n) is 7.56. The molecule has 0 aliphatic carbocycles. The predicted octanol–water partition coefficient (Wildman–Crippen LogP) is 5.87. The van der Waals surface area contributed by atoms with Gasteiger partial charge in [-0.3, -0.25) is 9.59 Å². The van der Waals surface area contributed by atoms with E-state index in [1.165, 1.54) is 11.1 Å². The summed E-state index contributed by atoms with van der Waals surface area (Å²) in [5.41, 5.74) is 3.13. The van der Waals surface area contributed by atoms with Crippen LogP contribution in [0.15, 0.2) is 42.5 Å². The highest BCUT2D eigenvalue weighted by Crippen LogP contribution is 2.24. The van der Waals surface area contributed by atoms with Gasteiger partial charge in [-0.15, -0.1) is 11.8 Å². The largest absolute Gasteiger partial charge is 0.354 e. The van der Waals surface area contributed by atoms with E-state index in [2.05, 4.69) is 37.4 Å². The number of carbonyl (C=O) groups is 2. The van der Waals surface area contributed by atoms with Crippen LogP contribution in [0.5, 0.6) is 0 Å². The summed E-state index contributed by atoms with van der Waals surface area (Å²) in [5.74, 6) is 0.767. The van der Waals surface area contributed by atoms with Crippen molar-refractivity contribution >= 4 is 46.8 Å². The monoisotopic (exact) mass is 480 g/mol. The van der Waals surface area contributed by atoms with Crippen molar-refractivity contribution in [3.8, 4) is 0 Å². The van der Waals surface area contributed by atoms with E-state index >= 15 is 0 Å². The van der Waals surface area contributed by atoms with Crippen LogP contribution in [0.1, 0.15) is 43.4 Å². The summed E-state index contributed by atoms with van der Waals surface area (Å²) in [5, 5.41) is 3.94. The molecule has 0 radical (unpaired) electrons. The second kappa shape index (κ2) is 13.0. The Kier molecular flexibility index (Phi) is 10.7. The van der Waals surface area contributed by atoms with Crippen molar-refractivity contribution in [1.29, 1.82) is 0 Å². The Labute approximate surface area is 199 Å². The van der Waals surface area contributed by atoms with Crippen LogP contribution in [-0.4, -0.2) is 35.1 Å². The molecular formula is C24H30Cl2N2O2S. The number of carbonyl (C=O) groups excluding carboxylic acids is 2. The predicted molar refractivity (Wildman–Crippen MR) is 132 cm³/mol. The zero-order valence-electron chi connectivity index (χ0n) is 18.3. The third kappa shape index (κ3) is 8.40. The lowest BCUT2D eigenvalue weighted by Gasteiger charge is -2.29. The molecule has 168 valence electrons. The normalized spacial score (nSPS) is 11.8. The molecule has 1 unspecified atom stereocenters. The Bertz CT molecular complexity index is 892. The highest BCUT2D eigenvalue weighted by molar-refractivity contribution is 7.99. The van der Waals surface area contributed by atoms with Gasteiger partial charge in [0.1, 0.15) is 6.04 Å². The zero-order valence-corrected chi connectivity index (χ0v) is 20.6. The van der Waals surface area contributed by atoms with E-state index in [9.17, 15) is 9.59 Å². The average Bonchev–Trinajstić information content (AvgIpc) is 2.73. The maximum absolute atomic E-state index is 13.1. The molecule has 0 aromatic heterocycles. The SMILES string of the molecule is CCCCNC(=O)C(C)N(Cc1ccc(Cl)cc1Cl)C(=O)CSCc1cccc(C)c1. The molecule has 2 amide bonds. The van der Waals surface area contributed by atoms with Gasteiger partial charge in [0.15, 0.2) is 0 Å². The van der Waals surface area contributed by atoms with Crippen LogP contribution >= 0.6 is 35.0 Å². The van der Waals surface area contributed by atoms with Crippen molar-refractivity contribution in [3.63, 3.8) is 0 Å². The number of thioether (sulfide) groups is 1. The fourth-order valence-corrected chi connectivity index (χ4v) is 4.42. The Morgan fingerprint density at radius 1 is 1.16 bits per heavy atom. The van der Waals surface area contributed by atoms with Crippen molar-refractivity contribution in [2.45, 2.75) is 52.0 Å². The lowest BCUT2D eigenvalue weighted by atomic mass is 10.1.